The number of phenols is 1. The Morgan fingerprint density at radius 2 is 2.14 bits per heavy atom. The van der Waals surface area contributed by atoms with Crippen LogP contribution < -0.4 is 5.73 Å². The largest absolute Gasteiger partial charge is 0.507 e. The highest BCUT2D eigenvalue weighted by Crippen LogP contribution is 2.34. The Balaban J connectivity index is 3.11. The average Bonchev–Trinajstić information content (AvgIpc) is 2.13. The van der Waals surface area contributed by atoms with Crippen molar-refractivity contribution in [2.24, 2.45) is 5.73 Å². The van der Waals surface area contributed by atoms with Gasteiger partial charge in [0.15, 0.2) is 0 Å². The number of aliphatic hydroxyl groups is 1. The highest BCUT2D eigenvalue weighted by atomic mass is 79.9. The van der Waals surface area contributed by atoms with Gasteiger partial charge < -0.3 is 15.9 Å². The van der Waals surface area contributed by atoms with E-state index in [0.717, 1.165) is 10.0 Å². The van der Waals surface area contributed by atoms with Crippen LogP contribution in [0.3, 0.4) is 0 Å². The molecule has 4 heteroatoms. The first-order chi connectivity index (χ1) is 6.57. The first kappa shape index (κ1) is 11.5. The van der Waals surface area contributed by atoms with E-state index in [2.05, 4.69) is 15.9 Å². The van der Waals surface area contributed by atoms with E-state index >= 15 is 0 Å². The average molecular weight is 260 g/mol. The molecule has 0 aliphatic heterocycles. The number of hydrogen-bond donors (Lipinski definition) is 3. The molecule has 0 spiro atoms. The number of halogens is 1. The Morgan fingerprint density at radius 3 is 2.71 bits per heavy atom. The highest BCUT2D eigenvalue weighted by molar-refractivity contribution is 9.10. The second-order valence-corrected chi connectivity index (χ2v) is 4.10. The molecule has 1 aromatic rings. The van der Waals surface area contributed by atoms with Gasteiger partial charge in [-0.25, -0.2) is 0 Å². The molecule has 0 radical (unpaired) electrons. The second kappa shape index (κ2) is 4.77. The quantitative estimate of drug-likeness (QED) is 0.776. The van der Waals surface area contributed by atoms with Crippen LogP contribution in [-0.4, -0.2) is 16.8 Å². The highest BCUT2D eigenvalue weighted by Gasteiger charge is 2.15. The van der Waals surface area contributed by atoms with Crippen LogP contribution in [0.25, 0.3) is 0 Å². The van der Waals surface area contributed by atoms with Crippen LogP contribution >= 0.6 is 15.9 Å². The summed E-state index contributed by atoms with van der Waals surface area (Å²) in [6, 6.07) is 3.32. The molecule has 1 unspecified atom stereocenters. The maximum Gasteiger partial charge on any atom is 0.124 e. The van der Waals surface area contributed by atoms with Crippen LogP contribution in [0.15, 0.2) is 16.6 Å². The van der Waals surface area contributed by atoms with Crippen LogP contribution in [0.4, 0.5) is 0 Å². The Kier molecular flexibility index (Phi) is 3.92. The molecule has 0 amide bonds. The SMILES string of the molecule is Cc1ccc(Br)c(C(N)CCO)c1O. The molecule has 0 saturated carbocycles. The molecule has 0 fully saturated rings. The van der Waals surface area contributed by atoms with E-state index < -0.39 is 0 Å². The third kappa shape index (κ3) is 2.26. The summed E-state index contributed by atoms with van der Waals surface area (Å²) >= 11 is 3.33. The lowest BCUT2D eigenvalue weighted by molar-refractivity contribution is 0.275. The molecule has 0 aliphatic carbocycles. The van der Waals surface area contributed by atoms with Crippen molar-refractivity contribution in [1.82, 2.24) is 0 Å². The minimum Gasteiger partial charge on any atom is -0.507 e. The molecule has 14 heavy (non-hydrogen) atoms. The Hall–Kier alpha value is -0.580. The number of nitrogens with two attached hydrogens (primary N) is 1. The predicted octanol–water partition coefficient (Wildman–Crippen LogP) is 1.85. The minimum absolute atomic E-state index is 0.0149. The molecular weight excluding hydrogens is 246 g/mol. The van der Waals surface area contributed by atoms with E-state index in [4.69, 9.17) is 10.8 Å². The maximum atomic E-state index is 9.78. The van der Waals surface area contributed by atoms with E-state index in [0.29, 0.717) is 12.0 Å². The number of aliphatic hydroxyl groups excluding tert-OH is 1. The van der Waals surface area contributed by atoms with Gasteiger partial charge in [-0.2, -0.15) is 0 Å². The van der Waals surface area contributed by atoms with Crippen LogP contribution in [-0.2, 0) is 0 Å². The molecule has 1 rings (SSSR count). The van der Waals surface area contributed by atoms with Crippen LogP contribution in [0, 0.1) is 6.92 Å². The first-order valence-corrected chi connectivity index (χ1v) is 5.21. The summed E-state index contributed by atoms with van der Waals surface area (Å²) in [5.74, 6) is 0.209. The number of benzene rings is 1. The predicted molar refractivity (Wildman–Crippen MR) is 59.2 cm³/mol. The van der Waals surface area contributed by atoms with Crippen molar-refractivity contribution < 1.29 is 10.2 Å². The first-order valence-electron chi connectivity index (χ1n) is 4.42. The second-order valence-electron chi connectivity index (χ2n) is 3.25. The van der Waals surface area contributed by atoms with Gasteiger partial charge >= 0.3 is 0 Å². The van der Waals surface area contributed by atoms with Crippen LogP contribution in [0.5, 0.6) is 5.75 Å². The monoisotopic (exact) mass is 259 g/mol. The number of hydrogen-bond acceptors (Lipinski definition) is 3. The fourth-order valence-corrected chi connectivity index (χ4v) is 1.94. The van der Waals surface area contributed by atoms with Crippen molar-refractivity contribution in [2.75, 3.05) is 6.61 Å². The third-order valence-electron chi connectivity index (χ3n) is 2.18. The summed E-state index contributed by atoms with van der Waals surface area (Å²) in [5.41, 5.74) is 7.28. The molecule has 78 valence electrons. The van der Waals surface area contributed by atoms with E-state index in [1.54, 1.807) is 0 Å². The lowest BCUT2D eigenvalue weighted by Crippen LogP contribution is -2.13. The summed E-state index contributed by atoms with van der Waals surface area (Å²) in [5, 5.41) is 18.6. The van der Waals surface area contributed by atoms with Crippen LogP contribution in [0.1, 0.15) is 23.6 Å². The fourth-order valence-electron chi connectivity index (χ4n) is 1.33. The molecule has 0 bridgehead atoms. The topological polar surface area (TPSA) is 66.5 Å². The van der Waals surface area contributed by atoms with Crippen molar-refractivity contribution in [3.63, 3.8) is 0 Å². The Labute approximate surface area is 91.7 Å². The molecule has 3 nitrogen and oxygen atoms in total. The maximum absolute atomic E-state index is 9.78. The molecule has 0 saturated heterocycles. The van der Waals surface area contributed by atoms with Gasteiger partial charge in [0.1, 0.15) is 5.75 Å². The number of rotatable bonds is 3. The van der Waals surface area contributed by atoms with Gasteiger partial charge in [-0.15, -0.1) is 0 Å². The molecule has 0 aromatic heterocycles. The standard InChI is InChI=1S/C10H14BrNO2/c1-6-2-3-7(11)9(10(6)14)8(12)4-5-13/h2-3,8,13-14H,4-5,12H2,1H3. The fraction of sp³-hybridized carbons (Fsp3) is 0.400. The molecule has 0 aliphatic rings. The third-order valence-corrected chi connectivity index (χ3v) is 2.87. The van der Waals surface area contributed by atoms with Crippen molar-refractivity contribution in [1.29, 1.82) is 0 Å². The van der Waals surface area contributed by atoms with Gasteiger partial charge in [0.05, 0.1) is 0 Å². The van der Waals surface area contributed by atoms with Crippen molar-refractivity contribution in [3.05, 3.63) is 27.7 Å². The number of aryl methyl sites for hydroxylation is 1. The minimum atomic E-state index is -0.339. The molecule has 0 heterocycles. The number of phenolic OH excluding ortho intramolecular Hbond substituents is 1. The molecule has 1 aromatic carbocycles. The zero-order valence-electron chi connectivity index (χ0n) is 8.00. The Bertz CT molecular complexity index is 328. The zero-order chi connectivity index (χ0) is 10.7. The lowest BCUT2D eigenvalue weighted by Gasteiger charge is -2.15. The summed E-state index contributed by atoms with van der Waals surface area (Å²) in [6.07, 6.45) is 0.440. The van der Waals surface area contributed by atoms with E-state index in [1.807, 2.05) is 19.1 Å². The van der Waals surface area contributed by atoms with E-state index in [1.165, 1.54) is 0 Å². The van der Waals surface area contributed by atoms with Crippen LogP contribution in [0.2, 0.25) is 0 Å². The molecule has 1 atom stereocenters. The zero-order valence-corrected chi connectivity index (χ0v) is 9.58. The van der Waals surface area contributed by atoms with E-state index in [-0.39, 0.29) is 18.4 Å². The molecule has 4 N–H and O–H groups in total. The van der Waals surface area contributed by atoms with Gasteiger partial charge in [-0.3, -0.25) is 0 Å². The van der Waals surface area contributed by atoms with Crippen molar-refractivity contribution in [2.45, 2.75) is 19.4 Å². The van der Waals surface area contributed by atoms with Gasteiger partial charge in [0.25, 0.3) is 0 Å². The summed E-state index contributed by atoms with van der Waals surface area (Å²) in [7, 11) is 0. The summed E-state index contributed by atoms with van der Waals surface area (Å²) in [6.45, 7) is 1.83. The van der Waals surface area contributed by atoms with Gasteiger partial charge in [0, 0.05) is 22.7 Å². The van der Waals surface area contributed by atoms with Gasteiger partial charge in [-0.05, 0) is 25.0 Å². The normalized spacial score (nSPS) is 12.9. The lowest BCUT2D eigenvalue weighted by atomic mass is 10.0. The smallest absolute Gasteiger partial charge is 0.124 e. The number of aromatic hydroxyl groups is 1. The van der Waals surface area contributed by atoms with E-state index in [9.17, 15) is 5.11 Å². The molecular formula is C10H14BrNO2. The summed E-state index contributed by atoms with van der Waals surface area (Å²) in [4.78, 5) is 0. The van der Waals surface area contributed by atoms with Crippen molar-refractivity contribution in [3.8, 4) is 5.75 Å². The van der Waals surface area contributed by atoms with Gasteiger partial charge in [-0.1, -0.05) is 22.0 Å². The van der Waals surface area contributed by atoms with Gasteiger partial charge in [0.2, 0.25) is 0 Å². The van der Waals surface area contributed by atoms with Crippen molar-refractivity contribution >= 4 is 15.9 Å². The summed E-state index contributed by atoms with van der Waals surface area (Å²) < 4.78 is 0.779. The Morgan fingerprint density at radius 1 is 1.50 bits per heavy atom.